The summed E-state index contributed by atoms with van der Waals surface area (Å²) in [4.78, 5) is 21.2. The Labute approximate surface area is 170 Å². The number of ketones is 1. The van der Waals surface area contributed by atoms with Crippen molar-refractivity contribution < 1.29 is 15.0 Å². The fraction of sp³-hybridized carbons (Fsp3) is 0.571. The van der Waals surface area contributed by atoms with Crippen LogP contribution in [0.2, 0.25) is 0 Å². The molecule has 0 amide bonds. The second-order valence-corrected chi connectivity index (χ2v) is 8.27. The van der Waals surface area contributed by atoms with Gasteiger partial charge in [0.1, 0.15) is 23.9 Å². The van der Waals surface area contributed by atoms with Crippen LogP contribution in [-0.2, 0) is 6.54 Å². The molecule has 8 heteroatoms. The highest BCUT2D eigenvalue weighted by atomic mass is 16.3. The minimum Gasteiger partial charge on any atom is -0.390 e. The lowest BCUT2D eigenvalue weighted by Gasteiger charge is -2.21. The number of hydrogen-bond donors (Lipinski definition) is 3. The Morgan fingerprint density at radius 1 is 1.24 bits per heavy atom. The van der Waals surface area contributed by atoms with E-state index in [4.69, 9.17) is 0 Å². The number of carbonyl (C=O) groups excluding carboxylic acids is 1. The molecule has 0 spiro atoms. The average molecular weight is 398 g/mol. The van der Waals surface area contributed by atoms with Crippen LogP contribution in [0.25, 0.3) is 0 Å². The van der Waals surface area contributed by atoms with Gasteiger partial charge in [-0.2, -0.15) is 5.10 Å². The molecule has 4 rings (SSSR count). The summed E-state index contributed by atoms with van der Waals surface area (Å²) >= 11 is 0. The molecule has 1 radical (unpaired) electrons. The van der Waals surface area contributed by atoms with Crippen molar-refractivity contribution in [3.8, 4) is 0 Å². The van der Waals surface area contributed by atoms with E-state index in [1.54, 1.807) is 6.07 Å². The van der Waals surface area contributed by atoms with Gasteiger partial charge in [-0.25, -0.2) is 9.97 Å². The number of nitrogens with zero attached hydrogens (tertiary/aromatic N) is 4. The first-order valence-electron chi connectivity index (χ1n) is 10.4. The molecule has 3 N–H and O–H groups in total. The van der Waals surface area contributed by atoms with Crippen molar-refractivity contribution in [2.24, 2.45) is 11.8 Å². The van der Waals surface area contributed by atoms with Gasteiger partial charge in [0, 0.05) is 18.9 Å². The molecule has 0 aromatic carbocycles. The standard InChI is InChI=1S/C21H28N5O3/c1-13-9-17(20(29)18(13)27)24-21-15(10-22-12-23-21)19(28)16-7-8-26(25-16)11-14-5-3-2-4-6-14/h7-8,10,12-14,17-18,20,27,29H,1-6,9,11H2,(H,22,23,24)/t13-,17-,18-,20+/m1/s1. The maximum Gasteiger partial charge on any atom is 0.218 e. The summed E-state index contributed by atoms with van der Waals surface area (Å²) in [6, 6.07) is 1.29. The van der Waals surface area contributed by atoms with Crippen LogP contribution in [0.5, 0.6) is 0 Å². The van der Waals surface area contributed by atoms with Crippen molar-refractivity contribution >= 4 is 11.6 Å². The Balaban J connectivity index is 1.48. The molecule has 2 aromatic heterocycles. The van der Waals surface area contributed by atoms with E-state index in [0.717, 1.165) is 6.54 Å². The summed E-state index contributed by atoms with van der Waals surface area (Å²) in [6.07, 6.45) is 9.54. The van der Waals surface area contributed by atoms with E-state index in [0.29, 0.717) is 29.4 Å². The van der Waals surface area contributed by atoms with Crippen LogP contribution < -0.4 is 5.32 Å². The lowest BCUT2D eigenvalue weighted by atomic mass is 9.89. The summed E-state index contributed by atoms with van der Waals surface area (Å²) in [7, 11) is 0. The highest BCUT2D eigenvalue weighted by molar-refractivity contribution is 6.10. The van der Waals surface area contributed by atoms with Gasteiger partial charge in [0.05, 0.1) is 17.7 Å². The Kier molecular flexibility index (Phi) is 5.91. The molecule has 0 bridgehead atoms. The van der Waals surface area contributed by atoms with Crippen LogP contribution >= 0.6 is 0 Å². The quantitative estimate of drug-likeness (QED) is 0.636. The van der Waals surface area contributed by atoms with Gasteiger partial charge in [-0.3, -0.25) is 9.48 Å². The number of rotatable bonds is 6. The molecule has 2 aromatic rings. The molecular weight excluding hydrogens is 370 g/mol. The minimum atomic E-state index is -0.967. The van der Waals surface area contributed by atoms with Gasteiger partial charge in [0.15, 0.2) is 0 Å². The van der Waals surface area contributed by atoms with Crippen molar-refractivity contribution in [3.63, 3.8) is 0 Å². The van der Waals surface area contributed by atoms with Crippen molar-refractivity contribution in [2.45, 2.75) is 63.3 Å². The van der Waals surface area contributed by atoms with Crippen LogP contribution in [0.3, 0.4) is 0 Å². The summed E-state index contributed by atoms with van der Waals surface area (Å²) in [5.41, 5.74) is 0.644. The van der Waals surface area contributed by atoms with E-state index in [-0.39, 0.29) is 11.7 Å². The second kappa shape index (κ2) is 8.59. The third kappa shape index (κ3) is 4.33. The van der Waals surface area contributed by atoms with E-state index in [2.05, 4.69) is 27.3 Å². The molecule has 2 aliphatic rings. The molecule has 155 valence electrons. The molecular formula is C21H28N5O3. The van der Waals surface area contributed by atoms with Crippen molar-refractivity contribution in [2.75, 3.05) is 5.32 Å². The van der Waals surface area contributed by atoms with Crippen LogP contribution in [0.1, 0.15) is 54.6 Å². The van der Waals surface area contributed by atoms with E-state index < -0.39 is 18.2 Å². The number of aromatic nitrogens is 4. The Morgan fingerprint density at radius 3 is 2.76 bits per heavy atom. The van der Waals surface area contributed by atoms with Crippen molar-refractivity contribution in [1.82, 2.24) is 19.7 Å². The lowest BCUT2D eigenvalue weighted by Crippen LogP contribution is -2.35. The lowest BCUT2D eigenvalue weighted by molar-refractivity contribution is 0.0256. The fourth-order valence-electron chi connectivity index (χ4n) is 4.41. The number of carbonyl (C=O) groups is 1. The smallest absolute Gasteiger partial charge is 0.218 e. The molecule has 2 saturated carbocycles. The normalized spacial score (nSPS) is 27.8. The maximum absolute atomic E-state index is 13.0. The third-order valence-electron chi connectivity index (χ3n) is 6.12. The van der Waals surface area contributed by atoms with Gasteiger partial charge >= 0.3 is 0 Å². The zero-order valence-corrected chi connectivity index (χ0v) is 16.4. The number of aliphatic hydroxyl groups is 2. The molecule has 2 fully saturated rings. The number of nitrogens with one attached hydrogen (secondary N) is 1. The summed E-state index contributed by atoms with van der Waals surface area (Å²) < 4.78 is 1.85. The van der Waals surface area contributed by atoms with Gasteiger partial charge in [-0.1, -0.05) is 19.3 Å². The Bertz CT molecular complexity index is 848. The summed E-state index contributed by atoms with van der Waals surface area (Å²) in [5, 5.41) is 27.7. The largest absolute Gasteiger partial charge is 0.390 e. The molecule has 29 heavy (non-hydrogen) atoms. The van der Waals surface area contributed by atoms with Crippen LogP contribution in [-0.4, -0.2) is 54.0 Å². The van der Waals surface area contributed by atoms with E-state index in [1.807, 2.05) is 10.9 Å². The maximum atomic E-state index is 13.0. The summed E-state index contributed by atoms with van der Waals surface area (Å²) in [5.74, 6) is 0.403. The van der Waals surface area contributed by atoms with E-state index >= 15 is 0 Å². The molecule has 0 saturated heterocycles. The highest BCUT2D eigenvalue weighted by Gasteiger charge is 2.39. The van der Waals surface area contributed by atoms with Gasteiger partial charge in [-0.15, -0.1) is 0 Å². The monoisotopic (exact) mass is 398 g/mol. The first kappa shape index (κ1) is 20.0. The highest BCUT2D eigenvalue weighted by Crippen LogP contribution is 2.29. The first-order valence-corrected chi connectivity index (χ1v) is 10.4. The van der Waals surface area contributed by atoms with Gasteiger partial charge in [0.2, 0.25) is 5.78 Å². The first-order chi connectivity index (χ1) is 14.0. The van der Waals surface area contributed by atoms with Gasteiger partial charge < -0.3 is 15.5 Å². The fourth-order valence-corrected chi connectivity index (χ4v) is 4.41. The second-order valence-electron chi connectivity index (χ2n) is 8.27. The Hall–Kier alpha value is -2.32. The summed E-state index contributed by atoms with van der Waals surface area (Å²) in [6.45, 7) is 4.69. The van der Waals surface area contributed by atoms with Crippen molar-refractivity contribution in [1.29, 1.82) is 0 Å². The Morgan fingerprint density at radius 2 is 2.03 bits per heavy atom. The number of aliphatic hydroxyl groups excluding tert-OH is 2. The molecule has 0 aliphatic heterocycles. The third-order valence-corrected chi connectivity index (χ3v) is 6.12. The zero-order chi connectivity index (χ0) is 20.4. The van der Waals surface area contributed by atoms with E-state index in [9.17, 15) is 15.0 Å². The predicted octanol–water partition coefficient (Wildman–Crippen LogP) is 1.84. The molecule has 8 nitrogen and oxygen atoms in total. The molecule has 2 heterocycles. The van der Waals surface area contributed by atoms with Crippen LogP contribution in [0, 0.1) is 18.8 Å². The van der Waals surface area contributed by atoms with Gasteiger partial charge in [-0.05, 0) is 44.1 Å². The molecule has 2 aliphatic carbocycles. The zero-order valence-electron chi connectivity index (χ0n) is 16.4. The van der Waals surface area contributed by atoms with Crippen molar-refractivity contribution in [3.05, 3.63) is 43.0 Å². The predicted molar refractivity (Wildman–Crippen MR) is 107 cm³/mol. The van der Waals surface area contributed by atoms with Crippen LogP contribution in [0.4, 0.5) is 5.82 Å². The minimum absolute atomic E-state index is 0.269. The topological polar surface area (TPSA) is 113 Å². The molecule has 4 atom stereocenters. The average Bonchev–Trinajstić information content (AvgIpc) is 3.29. The molecule has 0 unspecified atom stereocenters. The van der Waals surface area contributed by atoms with Gasteiger partial charge in [0.25, 0.3) is 0 Å². The number of anilines is 1. The van der Waals surface area contributed by atoms with Crippen LogP contribution in [0.15, 0.2) is 24.8 Å². The number of hydrogen-bond acceptors (Lipinski definition) is 7. The SMILES string of the molecule is [CH2][C@@H]1C[C@@H](Nc2ncncc2C(=O)c2ccn(CC3CCCCC3)n2)[C@H](O)[C@@H]1O. The van der Waals surface area contributed by atoms with E-state index in [1.165, 1.54) is 44.6 Å².